The van der Waals surface area contributed by atoms with Crippen molar-refractivity contribution in [3.05, 3.63) is 101 Å². The number of nitrogens with one attached hydrogen (secondary N) is 1. The molecule has 0 atom stereocenters. The van der Waals surface area contributed by atoms with Gasteiger partial charge in [0.25, 0.3) is 5.91 Å². The number of rotatable bonds is 12. The molecular weight excluding hydrogens is 596 g/mol. The van der Waals surface area contributed by atoms with Crippen molar-refractivity contribution in [1.82, 2.24) is 4.72 Å². The molecule has 2 amide bonds. The van der Waals surface area contributed by atoms with Gasteiger partial charge in [0.1, 0.15) is 11.5 Å². The van der Waals surface area contributed by atoms with E-state index in [1.165, 1.54) is 7.11 Å². The number of carbonyl (C=O) groups excluding carboxylic acids is 3. The molecule has 0 spiro atoms. The second kappa shape index (κ2) is 13.4. The lowest BCUT2D eigenvalue weighted by molar-refractivity contribution is -0.139. The van der Waals surface area contributed by atoms with E-state index < -0.39 is 27.7 Å². The average Bonchev–Trinajstić information content (AvgIpc) is 3.36. The second-order valence-electron chi connectivity index (χ2n) is 10.5. The van der Waals surface area contributed by atoms with Crippen molar-refractivity contribution in [2.45, 2.75) is 39.0 Å². The maximum absolute atomic E-state index is 13.8. The Balaban J connectivity index is 1.32. The van der Waals surface area contributed by atoms with E-state index in [1.807, 2.05) is 38.1 Å². The van der Waals surface area contributed by atoms with Crippen molar-refractivity contribution >= 4 is 44.3 Å². The Labute approximate surface area is 261 Å². The Bertz CT molecular complexity index is 1870. The third kappa shape index (κ3) is 6.78. The number of ether oxygens (including phenoxy) is 3. The smallest absolute Gasteiger partial charge is 0.309 e. The van der Waals surface area contributed by atoms with Gasteiger partial charge in [-0.05, 0) is 42.7 Å². The molecule has 1 aliphatic heterocycles. The minimum atomic E-state index is -4.03. The van der Waals surface area contributed by atoms with Gasteiger partial charge in [0.2, 0.25) is 15.9 Å². The van der Waals surface area contributed by atoms with Crippen LogP contribution in [0.5, 0.6) is 11.5 Å². The highest BCUT2D eigenvalue weighted by molar-refractivity contribution is 7.89. The van der Waals surface area contributed by atoms with Gasteiger partial charge < -0.3 is 19.1 Å². The lowest BCUT2D eigenvalue weighted by Gasteiger charge is -2.16. The SMILES string of the molecule is CCOc1c2c(c(OCC)c3ccccc13)C(=O)N(c1ccc(CS(=O)(=O)NC(=O)Cc3ccccc3CC(=O)OC)cc1)C2. The Morgan fingerprint density at radius 2 is 1.40 bits per heavy atom. The van der Waals surface area contributed by atoms with Crippen molar-refractivity contribution in [3.63, 3.8) is 0 Å². The quantitative estimate of drug-likeness (QED) is 0.223. The van der Waals surface area contributed by atoms with Crippen LogP contribution in [0.1, 0.15) is 46.5 Å². The highest BCUT2D eigenvalue weighted by Crippen LogP contribution is 2.46. The van der Waals surface area contributed by atoms with Gasteiger partial charge in [-0.15, -0.1) is 0 Å². The highest BCUT2D eigenvalue weighted by Gasteiger charge is 2.36. The lowest BCUT2D eigenvalue weighted by atomic mass is 9.99. The molecule has 0 bridgehead atoms. The van der Waals surface area contributed by atoms with E-state index in [0.717, 1.165) is 16.3 Å². The molecule has 1 heterocycles. The van der Waals surface area contributed by atoms with Gasteiger partial charge in [-0.2, -0.15) is 0 Å². The van der Waals surface area contributed by atoms with Crippen LogP contribution < -0.4 is 19.1 Å². The van der Waals surface area contributed by atoms with E-state index in [2.05, 4.69) is 4.72 Å². The van der Waals surface area contributed by atoms with Gasteiger partial charge in [-0.3, -0.25) is 19.1 Å². The molecule has 5 rings (SSSR count). The second-order valence-corrected chi connectivity index (χ2v) is 12.2. The predicted molar refractivity (Wildman–Crippen MR) is 170 cm³/mol. The van der Waals surface area contributed by atoms with Crippen molar-refractivity contribution in [2.75, 3.05) is 25.2 Å². The number of fused-ring (bicyclic) bond motifs is 2. The lowest BCUT2D eigenvalue weighted by Crippen LogP contribution is -2.33. The Morgan fingerprint density at radius 3 is 2.02 bits per heavy atom. The first-order chi connectivity index (χ1) is 21.7. The van der Waals surface area contributed by atoms with Crippen LogP contribution in [0.2, 0.25) is 0 Å². The summed E-state index contributed by atoms with van der Waals surface area (Å²) in [7, 11) is -2.76. The van der Waals surface area contributed by atoms with E-state index in [0.29, 0.717) is 52.7 Å². The summed E-state index contributed by atoms with van der Waals surface area (Å²) in [6.45, 7) is 4.84. The van der Waals surface area contributed by atoms with Gasteiger partial charge >= 0.3 is 5.97 Å². The summed E-state index contributed by atoms with van der Waals surface area (Å²) in [4.78, 5) is 39.8. The maximum atomic E-state index is 13.8. The first kappa shape index (κ1) is 31.5. The summed E-state index contributed by atoms with van der Waals surface area (Å²) in [5.41, 5.74) is 3.33. The molecule has 0 radical (unpaired) electrons. The molecule has 0 aliphatic carbocycles. The summed E-state index contributed by atoms with van der Waals surface area (Å²) < 4.78 is 44.6. The van der Waals surface area contributed by atoms with E-state index in [9.17, 15) is 22.8 Å². The monoisotopic (exact) mass is 630 g/mol. The first-order valence-electron chi connectivity index (χ1n) is 14.6. The topological polar surface area (TPSA) is 128 Å². The van der Waals surface area contributed by atoms with Crippen molar-refractivity contribution in [3.8, 4) is 11.5 Å². The van der Waals surface area contributed by atoms with Crippen LogP contribution in [0, 0.1) is 0 Å². The van der Waals surface area contributed by atoms with Crippen LogP contribution in [0.3, 0.4) is 0 Å². The number of sulfonamides is 1. The molecule has 0 aromatic heterocycles. The van der Waals surface area contributed by atoms with Crippen LogP contribution in [-0.2, 0) is 49.5 Å². The molecule has 0 fully saturated rings. The summed E-state index contributed by atoms with van der Waals surface area (Å²) in [5.74, 6) is -0.687. The number of nitrogens with zero attached hydrogens (tertiary/aromatic N) is 1. The molecule has 10 nitrogen and oxygen atoms in total. The van der Waals surface area contributed by atoms with E-state index in [4.69, 9.17) is 14.2 Å². The van der Waals surface area contributed by atoms with Gasteiger partial charge in [0, 0.05) is 22.0 Å². The molecule has 1 aliphatic rings. The zero-order valence-electron chi connectivity index (χ0n) is 25.3. The number of carbonyl (C=O) groups is 3. The molecule has 11 heteroatoms. The molecule has 1 N–H and O–H groups in total. The van der Waals surface area contributed by atoms with Crippen molar-refractivity contribution in [1.29, 1.82) is 0 Å². The fourth-order valence-electron chi connectivity index (χ4n) is 5.52. The summed E-state index contributed by atoms with van der Waals surface area (Å²) in [6, 6.07) is 21.1. The number of esters is 1. The predicted octanol–water partition coefficient (Wildman–Crippen LogP) is 4.70. The number of hydrogen-bond acceptors (Lipinski definition) is 8. The van der Waals surface area contributed by atoms with Crippen LogP contribution in [0.15, 0.2) is 72.8 Å². The van der Waals surface area contributed by atoms with Gasteiger partial charge in [-0.1, -0.05) is 60.7 Å². The number of amides is 2. The minimum absolute atomic E-state index is 0.0278. The zero-order chi connectivity index (χ0) is 32.1. The van der Waals surface area contributed by atoms with Crippen LogP contribution in [-0.4, -0.2) is 46.5 Å². The van der Waals surface area contributed by atoms with Gasteiger partial charge in [-0.25, -0.2) is 8.42 Å². The molecule has 234 valence electrons. The fourth-order valence-corrected chi connectivity index (χ4v) is 6.64. The fraction of sp³-hybridized carbons (Fsp3) is 0.265. The molecule has 4 aromatic rings. The Kier molecular flexibility index (Phi) is 9.38. The molecule has 45 heavy (non-hydrogen) atoms. The molecule has 0 unspecified atom stereocenters. The third-order valence-corrected chi connectivity index (χ3v) is 8.73. The Hall–Kier alpha value is -4.90. The van der Waals surface area contributed by atoms with Crippen molar-refractivity contribution < 1.29 is 37.0 Å². The largest absolute Gasteiger partial charge is 0.493 e. The zero-order valence-corrected chi connectivity index (χ0v) is 26.1. The van der Waals surface area contributed by atoms with Crippen LogP contribution >= 0.6 is 0 Å². The number of methoxy groups -OCH3 is 1. The normalized spacial score (nSPS) is 12.6. The summed E-state index contributed by atoms with van der Waals surface area (Å²) in [6.07, 6.45) is -0.245. The number of benzene rings is 4. The number of hydrogen-bond donors (Lipinski definition) is 1. The van der Waals surface area contributed by atoms with E-state index in [1.54, 1.807) is 53.4 Å². The first-order valence-corrected chi connectivity index (χ1v) is 16.2. The molecule has 0 saturated heterocycles. The standard InChI is InChI=1S/C34H34N2O8S/c1-4-43-32-26-12-8-9-13-27(26)33(44-5-2)31-28(32)20-36(34(31)39)25-16-14-22(15-17-25)21-45(40,41)35-29(37)18-23-10-6-7-11-24(23)19-30(38)42-3/h6-17H,4-5,18-21H2,1-3H3,(H,35,37). The van der Waals surface area contributed by atoms with Crippen molar-refractivity contribution in [2.24, 2.45) is 0 Å². The van der Waals surface area contributed by atoms with E-state index >= 15 is 0 Å². The highest BCUT2D eigenvalue weighted by atomic mass is 32.2. The molecular formula is C34H34N2O8S. The van der Waals surface area contributed by atoms with Gasteiger partial charge in [0.05, 0.1) is 51.0 Å². The Morgan fingerprint density at radius 1 is 0.822 bits per heavy atom. The third-order valence-electron chi connectivity index (χ3n) is 7.48. The summed E-state index contributed by atoms with van der Waals surface area (Å²) in [5, 5.41) is 1.66. The molecule has 0 saturated carbocycles. The number of anilines is 1. The maximum Gasteiger partial charge on any atom is 0.309 e. The summed E-state index contributed by atoms with van der Waals surface area (Å²) >= 11 is 0. The average molecular weight is 631 g/mol. The molecule has 4 aromatic carbocycles. The van der Waals surface area contributed by atoms with Crippen LogP contribution in [0.4, 0.5) is 5.69 Å². The minimum Gasteiger partial charge on any atom is -0.493 e. The van der Waals surface area contributed by atoms with Gasteiger partial charge in [0.15, 0.2) is 0 Å². The van der Waals surface area contributed by atoms with E-state index in [-0.39, 0.29) is 25.3 Å². The van der Waals surface area contributed by atoms with Crippen LogP contribution in [0.25, 0.3) is 10.8 Å².